The van der Waals surface area contributed by atoms with Crippen molar-refractivity contribution in [3.8, 4) is 0 Å². The van der Waals surface area contributed by atoms with Gasteiger partial charge in [-0.15, -0.1) is 0 Å². The molecule has 2 aromatic rings. The molecule has 0 fully saturated rings. The number of carboxylic acids is 1. The normalized spacial score (nSPS) is 11.5. The van der Waals surface area contributed by atoms with Crippen LogP contribution in [-0.4, -0.2) is 30.6 Å². The third kappa shape index (κ3) is 3.84. The molecule has 0 aliphatic rings. The Bertz CT molecular complexity index is 742. The number of hydrogen-bond donors (Lipinski definition) is 2. The molecule has 0 saturated heterocycles. The summed E-state index contributed by atoms with van der Waals surface area (Å²) >= 11 is 5.71. The summed E-state index contributed by atoms with van der Waals surface area (Å²) in [5.74, 6) is -1.27. The van der Waals surface area contributed by atoms with Gasteiger partial charge in [0.2, 0.25) is 10.0 Å². The zero-order valence-corrected chi connectivity index (χ0v) is 12.4. The van der Waals surface area contributed by atoms with Crippen molar-refractivity contribution < 1.29 is 18.3 Å². The molecule has 0 aliphatic heterocycles. The van der Waals surface area contributed by atoms with Crippen molar-refractivity contribution >= 4 is 27.6 Å². The number of benzene rings is 1. The molecule has 2 rings (SSSR count). The highest BCUT2D eigenvalue weighted by Crippen LogP contribution is 2.20. The van der Waals surface area contributed by atoms with Gasteiger partial charge in [-0.25, -0.2) is 17.9 Å². The molecule has 0 saturated carbocycles. The first kappa shape index (κ1) is 15.6. The van der Waals surface area contributed by atoms with Gasteiger partial charge in [-0.1, -0.05) is 11.6 Å². The zero-order valence-electron chi connectivity index (χ0n) is 10.9. The standard InChI is InChI=1S/C13H13ClN2O4S/c14-12-4-3-10(9-11(12)13(17)18)21(19,20)15-5-8-16-6-1-2-7-16/h1-4,6-7,9,15H,5,8H2,(H,17,18). The predicted octanol–water partition coefficient (Wildman–Crippen LogP) is 1.82. The van der Waals surface area contributed by atoms with Gasteiger partial charge in [-0.2, -0.15) is 0 Å². The van der Waals surface area contributed by atoms with Crippen LogP contribution >= 0.6 is 11.6 Å². The number of nitrogens with zero attached hydrogens (tertiary/aromatic N) is 1. The molecular formula is C13H13ClN2O4S. The van der Waals surface area contributed by atoms with E-state index in [1.165, 1.54) is 12.1 Å². The lowest BCUT2D eigenvalue weighted by atomic mass is 10.2. The summed E-state index contributed by atoms with van der Waals surface area (Å²) in [6.45, 7) is 0.674. The van der Waals surface area contributed by atoms with Crippen LogP contribution in [0.1, 0.15) is 10.4 Å². The van der Waals surface area contributed by atoms with Crippen molar-refractivity contribution in [1.82, 2.24) is 9.29 Å². The number of aromatic carboxylic acids is 1. The van der Waals surface area contributed by atoms with E-state index < -0.39 is 16.0 Å². The van der Waals surface area contributed by atoms with Gasteiger partial charge in [-0.3, -0.25) is 0 Å². The number of aromatic nitrogens is 1. The second kappa shape index (κ2) is 6.30. The average Bonchev–Trinajstić information content (AvgIpc) is 2.91. The van der Waals surface area contributed by atoms with E-state index in [0.29, 0.717) is 6.54 Å². The second-order valence-electron chi connectivity index (χ2n) is 4.27. The summed E-state index contributed by atoms with van der Waals surface area (Å²) in [6.07, 6.45) is 3.64. The highest BCUT2D eigenvalue weighted by atomic mass is 35.5. The highest BCUT2D eigenvalue weighted by molar-refractivity contribution is 7.89. The minimum Gasteiger partial charge on any atom is -0.478 e. The van der Waals surface area contributed by atoms with Crippen LogP contribution in [0.4, 0.5) is 0 Å². The molecule has 0 amide bonds. The first-order valence-corrected chi connectivity index (χ1v) is 7.89. The average molecular weight is 329 g/mol. The van der Waals surface area contributed by atoms with E-state index in [4.69, 9.17) is 16.7 Å². The third-order valence-corrected chi connectivity index (χ3v) is 4.60. The number of carbonyl (C=O) groups is 1. The number of hydrogen-bond acceptors (Lipinski definition) is 3. The van der Waals surface area contributed by atoms with Gasteiger partial charge in [0.15, 0.2) is 0 Å². The number of rotatable bonds is 6. The Kier molecular flexibility index (Phi) is 4.66. The van der Waals surface area contributed by atoms with Gasteiger partial charge in [0, 0.05) is 25.5 Å². The fraction of sp³-hybridized carbons (Fsp3) is 0.154. The van der Waals surface area contributed by atoms with Crippen LogP contribution in [-0.2, 0) is 16.6 Å². The summed E-state index contributed by atoms with van der Waals surface area (Å²) in [6, 6.07) is 7.25. The Labute approximate surface area is 127 Å². The first-order chi connectivity index (χ1) is 9.90. The summed E-state index contributed by atoms with van der Waals surface area (Å²) in [7, 11) is -3.77. The van der Waals surface area contributed by atoms with Gasteiger partial charge in [0.25, 0.3) is 0 Å². The molecule has 1 aromatic carbocycles. The monoisotopic (exact) mass is 328 g/mol. The summed E-state index contributed by atoms with van der Waals surface area (Å²) in [5, 5.41) is 8.95. The Balaban J connectivity index is 2.12. The van der Waals surface area contributed by atoms with E-state index in [1.807, 2.05) is 29.1 Å². The van der Waals surface area contributed by atoms with Crippen LogP contribution in [0.2, 0.25) is 5.02 Å². The smallest absolute Gasteiger partial charge is 0.337 e. The van der Waals surface area contributed by atoms with Crippen LogP contribution in [0.25, 0.3) is 0 Å². The van der Waals surface area contributed by atoms with Crippen molar-refractivity contribution in [3.63, 3.8) is 0 Å². The molecule has 0 radical (unpaired) electrons. The predicted molar refractivity (Wildman–Crippen MR) is 78.0 cm³/mol. The molecule has 0 unspecified atom stereocenters. The zero-order chi connectivity index (χ0) is 15.5. The fourth-order valence-electron chi connectivity index (χ4n) is 1.75. The Morgan fingerprint density at radius 2 is 1.95 bits per heavy atom. The Morgan fingerprint density at radius 1 is 1.29 bits per heavy atom. The maximum absolute atomic E-state index is 12.1. The van der Waals surface area contributed by atoms with Gasteiger partial charge in [0.05, 0.1) is 15.5 Å². The molecule has 0 bridgehead atoms. The van der Waals surface area contributed by atoms with Crippen LogP contribution < -0.4 is 4.72 Å². The quantitative estimate of drug-likeness (QED) is 0.846. The van der Waals surface area contributed by atoms with Gasteiger partial charge < -0.3 is 9.67 Å². The number of nitrogens with one attached hydrogen (secondary N) is 1. The van der Waals surface area contributed by atoms with Gasteiger partial charge in [-0.05, 0) is 30.3 Å². The Morgan fingerprint density at radius 3 is 2.57 bits per heavy atom. The van der Waals surface area contributed by atoms with Gasteiger partial charge in [0.1, 0.15) is 0 Å². The molecule has 1 heterocycles. The third-order valence-electron chi connectivity index (χ3n) is 2.81. The van der Waals surface area contributed by atoms with Crippen LogP contribution in [0.15, 0.2) is 47.6 Å². The molecule has 0 spiro atoms. The van der Waals surface area contributed by atoms with Crippen LogP contribution in [0, 0.1) is 0 Å². The number of sulfonamides is 1. The topological polar surface area (TPSA) is 88.4 Å². The molecule has 2 N–H and O–H groups in total. The molecule has 0 atom stereocenters. The van der Waals surface area contributed by atoms with Crippen molar-refractivity contribution in [2.24, 2.45) is 0 Å². The number of carboxylic acid groups (broad SMARTS) is 1. The first-order valence-electron chi connectivity index (χ1n) is 6.03. The summed E-state index contributed by atoms with van der Waals surface area (Å²) in [5.41, 5.74) is -0.245. The van der Waals surface area contributed by atoms with Crippen molar-refractivity contribution in [3.05, 3.63) is 53.3 Å². The molecule has 6 nitrogen and oxygen atoms in total. The molecule has 8 heteroatoms. The van der Waals surface area contributed by atoms with Crippen molar-refractivity contribution in [1.29, 1.82) is 0 Å². The molecule has 112 valence electrons. The molecule has 0 aliphatic carbocycles. The van der Waals surface area contributed by atoms with E-state index in [-0.39, 0.29) is 22.0 Å². The molecule has 1 aromatic heterocycles. The van der Waals surface area contributed by atoms with Crippen molar-refractivity contribution in [2.45, 2.75) is 11.4 Å². The lowest BCUT2D eigenvalue weighted by molar-refractivity contribution is 0.0697. The van der Waals surface area contributed by atoms with E-state index in [9.17, 15) is 13.2 Å². The summed E-state index contributed by atoms with van der Waals surface area (Å²) in [4.78, 5) is 10.8. The Hall–Kier alpha value is -1.83. The minimum absolute atomic E-state index is 0.00575. The van der Waals surface area contributed by atoms with Crippen LogP contribution in [0.5, 0.6) is 0 Å². The maximum atomic E-state index is 12.1. The SMILES string of the molecule is O=C(O)c1cc(S(=O)(=O)NCCn2cccc2)ccc1Cl. The highest BCUT2D eigenvalue weighted by Gasteiger charge is 2.17. The van der Waals surface area contributed by atoms with E-state index in [0.717, 1.165) is 6.07 Å². The lowest BCUT2D eigenvalue weighted by Gasteiger charge is -2.09. The number of halogens is 1. The lowest BCUT2D eigenvalue weighted by Crippen LogP contribution is -2.27. The fourth-order valence-corrected chi connectivity index (χ4v) is 2.99. The van der Waals surface area contributed by atoms with E-state index >= 15 is 0 Å². The van der Waals surface area contributed by atoms with E-state index in [2.05, 4.69) is 4.72 Å². The van der Waals surface area contributed by atoms with Gasteiger partial charge >= 0.3 is 5.97 Å². The maximum Gasteiger partial charge on any atom is 0.337 e. The van der Waals surface area contributed by atoms with Crippen molar-refractivity contribution in [2.75, 3.05) is 6.54 Å². The minimum atomic E-state index is -3.77. The molecule has 21 heavy (non-hydrogen) atoms. The van der Waals surface area contributed by atoms with Crippen LogP contribution in [0.3, 0.4) is 0 Å². The van der Waals surface area contributed by atoms with E-state index in [1.54, 1.807) is 0 Å². The second-order valence-corrected chi connectivity index (χ2v) is 6.44. The largest absolute Gasteiger partial charge is 0.478 e. The molecular weight excluding hydrogens is 316 g/mol. The summed E-state index contributed by atoms with van der Waals surface area (Å²) < 4.78 is 28.4.